The first kappa shape index (κ1) is 29.1. The van der Waals surface area contributed by atoms with Crippen molar-refractivity contribution in [3.8, 4) is 11.6 Å². The molecule has 200 valence electrons. The molecule has 10 heteroatoms. The molecule has 2 aromatic carbocycles. The number of urea groups is 1. The molecule has 1 aliphatic carbocycles. The van der Waals surface area contributed by atoms with Crippen molar-refractivity contribution >= 4 is 53.1 Å². The minimum Gasteiger partial charge on any atom is -0.476 e. The lowest BCUT2D eigenvalue weighted by molar-refractivity contribution is 0.195. The molecule has 1 fully saturated rings. The van der Waals surface area contributed by atoms with Gasteiger partial charge in [0.05, 0.1) is 27.9 Å². The molecule has 1 aromatic heterocycles. The smallest absolute Gasteiger partial charge is 0.324 e. The molecule has 0 spiro atoms. The van der Waals surface area contributed by atoms with Crippen LogP contribution in [-0.4, -0.2) is 36.1 Å². The molecule has 2 N–H and O–H groups in total. The van der Waals surface area contributed by atoms with Crippen LogP contribution in [-0.2, 0) is 11.2 Å². The zero-order valence-corrected chi connectivity index (χ0v) is 23.4. The van der Waals surface area contributed by atoms with Crippen molar-refractivity contribution in [3.05, 3.63) is 63.6 Å². The highest BCUT2D eigenvalue weighted by Crippen LogP contribution is 2.32. The average molecular weight is 568 g/mol. The van der Waals surface area contributed by atoms with Crippen LogP contribution in [0.25, 0.3) is 5.69 Å². The minimum absolute atomic E-state index is 0. The number of halogens is 3. The molecule has 0 bridgehead atoms. The van der Waals surface area contributed by atoms with E-state index in [0.29, 0.717) is 53.0 Å². The molecule has 0 radical (unpaired) electrons. The summed E-state index contributed by atoms with van der Waals surface area (Å²) >= 11 is 12.5. The minimum atomic E-state index is -0.413. The second kappa shape index (κ2) is 13.9. The molecule has 4 rings (SSSR count). The molecule has 7 nitrogen and oxygen atoms in total. The number of carbonyl (C=O) groups excluding carboxylic acids is 1. The highest BCUT2D eigenvalue weighted by Gasteiger charge is 2.22. The average Bonchev–Trinajstić information content (AvgIpc) is 3.50. The van der Waals surface area contributed by atoms with Crippen LogP contribution in [0.1, 0.15) is 43.2 Å². The standard InChI is InChI=1S/C27H32Cl2N4O3.ClH/c1-18-25(31-27(34)30-24-16-23(29)22(28)15-20(24)11-8-14-35-2)33(21-12-4-3-5-13-21)32-26(18)36-17-19-9-6-7-10-19;/h3-5,12-13,15-16,19H,6-11,14,17H2,1-2H3,(H2,30,31,34);1H. The number of nitrogens with zero attached hydrogens (tertiary/aromatic N) is 2. The Balaban J connectivity index is 0.00000380. The van der Waals surface area contributed by atoms with Crippen LogP contribution in [0.2, 0.25) is 10.0 Å². The monoisotopic (exact) mass is 566 g/mol. The molecule has 1 aliphatic rings. The predicted molar refractivity (Wildman–Crippen MR) is 152 cm³/mol. The Bertz CT molecular complexity index is 1180. The lowest BCUT2D eigenvalue weighted by Gasteiger charge is -2.15. The van der Waals surface area contributed by atoms with Gasteiger partial charge in [-0.15, -0.1) is 17.5 Å². The van der Waals surface area contributed by atoms with E-state index < -0.39 is 6.03 Å². The maximum absolute atomic E-state index is 13.2. The summed E-state index contributed by atoms with van der Waals surface area (Å²) in [4.78, 5) is 13.2. The van der Waals surface area contributed by atoms with Crippen LogP contribution in [0, 0.1) is 12.8 Å². The third-order valence-electron chi connectivity index (χ3n) is 6.43. The second-order valence-corrected chi connectivity index (χ2v) is 9.90. The van der Waals surface area contributed by atoms with E-state index >= 15 is 0 Å². The lowest BCUT2D eigenvalue weighted by atomic mass is 10.1. The van der Waals surface area contributed by atoms with Crippen molar-refractivity contribution in [1.82, 2.24) is 9.78 Å². The lowest BCUT2D eigenvalue weighted by Crippen LogP contribution is -2.22. The van der Waals surface area contributed by atoms with E-state index in [9.17, 15) is 4.79 Å². The summed E-state index contributed by atoms with van der Waals surface area (Å²) < 4.78 is 13.0. The largest absolute Gasteiger partial charge is 0.476 e. The van der Waals surface area contributed by atoms with Crippen LogP contribution < -0.4 is 15.4 Å². The molecule has 0 aliphatic heterocycles. The van der Waals surface area contributed by atoms with E-state index in [1.807, 2.05) is 37.3 Å². The van der Waals surface area contributed by atoms with E-state index in [-0.39, 0.29) is 12.4 Å². The quantitative estimate of drug-likeness (QED) is 0.246. The van der Waals surface area contributed by atoms with Gasteiger partial charge in [0.15, 0.2) is 0 Å². The molecular weight excluding hydrogens is 535 g/mol. The van der Waals surface area contributed by atoms with E-state index in [1.54, 1.807) is 23.9 Å². The Labute approximate surface area is 234 Å². The number of ether oxygens (including phenoxy) is 2. The van der Waals surface area contributed by atoms with Gasteiger partial charge in [-0.3, -0.25) is 5.32 Å². The Kier molecular flexibility index (Phi) is 10.9. The van der Waals surface area contributed by atoms with Gasteiger partial charge in [0.25, 0.3) is 0 Å². The van der Waals surface area contributed by atoms with Crippen molar-refractivity contribution < 1.29 is 14.3 Å². The van der Waals surface area contributed by atoms with Crippen molar-refractivity contribution in [2.75, 3.05) is 31.0 Å². The van der Waals surface area contributed by atoms with Gasteiger partial charge >= 0.3 is 6.03 Å². The molecule has 2 amide bonds. The molecule has 3 aromatic rings. The summed E-state index contributed by atoms with van der Waals surface area (Å²) in [5, 5.41) is 11.4. The summed E-state index contributed by atoms with van der Waals surface area (Å²) in [6, 6.07) is 12.7. The van der Waals surface area contributed by atoms with Gasteiger partial charge in [-0.25, -0.2) is 9.48 Å². The number of rotatable bonds is 10. The summed E-state index contributed by atoms with van der Waals surface area (Å²) in [6.45, 7) is 3.14. The van der Waals surface area contributed by atoms with Gasteiger partial charge in [-0.1, -0.05) is 54.2 Å². The number of carbonyl (C=O) groups is 1. The first-order valence-electron chi connectivity index (χ1n) is 12.3. The Morgan fingerprint density at radius 2 is 1.81 bits per heavy atom. The number of para-hydroxylation sites is 1. The van der Waals surface area contributed by atoms with Gasteiger partial charge in [0.1, 0.15) is 5.82 Å². The van der Waals surface area contributed by atoms with Gasteiger partial charge in [-0.2, -0.15) is 0 Å². The molecular formula is C27H33Cl3N4O3. The fourth-order valence-corrected chi connectivity index (χ4v) is 4.82. The summed E-state index contributed by atoms with van der Waals surface area (Å²) in [5.41, 5.74) is 3.06. The third-order valence-corrected chi connectivity index (χ3v) is 7.15. The number of amides is 2. The van der Waals surface area contributed by atoms with Crippen LogP contribution in [0.15, 0.2) is 42.5 Å². The van der Waals surface area contributed by atoms with Crippen molar-refractivity contribution in [2.45, 2.75) is 45.4 Å². The van der Waals surface area contributed by atoms with Crippen LogP contribution in [0.5, 0.6) is 5.88 Å². The summed E-state index contributed by atoms with van der Waals surface area (Å²) in [5.74, 6) is 1.62. The number of hydrogen-bond donors (Lipinski definition) is 2. The van der Waals surface area contributed by atoms with Gasteiger partial charge < -0.3 is 14.8 Å². The number of hydrogen-bond acceptors (Lipinski definition) is 4. The number of aryl methyl sites for hydroxylation is 1. The van der Waals surface area contributed by atoms with Crippen LogP contribution in [0.3, 0.4) is 0 Å². The number of methoxy groups -OCH3 is 1. The van der Waals surface area contributed by atoms with Crippen molar-refractivity contribution in [3.63, 3.8) is 0 Å². The molecule has 37 heavy (non-hydrogen) atoms. The maximum atomic E-state index is 13.2. The first-order chi connectivity index (χ1) is 17.5. The second-order valence-electron chi connectivity index (χ2n) is 9.09. The Morgan fingerprint density at radius 3 is 2.51 bits per heavy atom. The fourth-order valence-electron chi connectivity index (χ4n) is 4.47. The molecule has 0 atom stereocenters. The topological polar surface area (TPSA) is 77.4 Å². The number of aromatic nitrogens is 2. The van der Waals surface area contributed by atoms with Gasteiger partial charge in [-0.05, 0) is 68.4 Å². The number of nitrogens with one attached hydrogen (secondary N) is 2. The summed E-state index contributed by atoms with van der Waals surface area (Å²) in [7, 11) is 1.66. The third kappa shape index (κ3) is 7.54. The van der Waals surface area contributed by atoms with E-state index in [4.69, 9.17) is 37.8 Å². The van der Waals surface area contributed by atoms with E-state index in [0.717, 1.165) is 23.2 Å². The van der Waals surface area contributed by atoms with Crippen LogP contribution in [0.4, 0.5) is 16.3 Å². The number of anilines is 2. The van der Waals surface area contributed by atoms with Gasteiger partial charge in [0, 0.05) is 19.4 Å². The van der Waals surface area contributed by atoms with E-state index in [2.05, 4.69) is 10.6 Å². The molecule has 0 unspecified atom stereocenters. The summed E-state index contributed by atoms with van der Waals surface area (Å²) in [6.07, 6.45) is 6.33. The normalized spacial score (nSPS) is 13.3. The first-order valence-corrected chi connectivity index (χ1v) is 13.0. The fraction of sp³-hybridized carbons (Fsp3) is 0.407. The maximum Gasteiger partial charge on any atom is 0.324 e. The van der Waals surface area contributed by atoms with Gasteiger partial charge in [0.2, 0.25) is 5.88 Å². The number of benzene rings is 2. The van der Waals surface area contributed by atoms with E-state index in [1.165, 1.54) is 25.7 Å². The SMILES string of the molecule is COCCCc1cc(Cl)c(Cl)cc1NC(=O)Nc1c(C)c(OCC2CCCC2)nn1-c1ccccc1.Cl. The molecule has 0 saturated heterocycles. The molecule has 1 saturated carbocycles. The Hall–Kier alpha value is -2.45. The van der Waals surface area contributed by atoms with Crippen molar-refractivity contribution in [1.29, 1.82) is 0 Å². The zero-order valence-electron chi connectivity index (χ0n) is 21.1. The predicted octanol–water partition coefficient (Wildman–Crippen LogP) is 7.70. The Morgan fingerprint density at radius 1 is 1.11 bits per heavy atom. The van der Waals surface area contributed by atoms with Crippen LogP contribution >= 0.6 is 35.6 Å². The zero-order chi connectivity index (χ0) is 25.5. The molecule has 1 heterocycles. The highest BCUT2D eigenvalue weighted by molar-refractivity contribution is 6.42. The highest BCUT2D eigenvalue weighted by atomic mass is 35.5. The van der Waals surface area contributed by atoms with Crippen molar-refractivity contribution in [2.24, 2.45) is 5.92 Å².